The molecular weight excluding hydrogens is 368 g/mol. The molecular formula is C20H28N8O. The van der Waals surface area contributed by atoms with Gasteiger partial charge in [0.2, 0.25) is 0 Å². The van der Waals surface area contributed by atoms with Crippen LogP contribution in [0.1, 0.15) is 61.5 Å². The van der Waals surface area contributed by atoms with Crippen molar-refractivity contribution in [3.8, 4) is 0 Å². The van der Waals surface area contributed by atoms with Crippen molar-refractivity contribution < 1.29 is 4.79 Å². The summed E-state index contributed by atoms with van der Waals surface area (Å²) < 4.78 is 5.81. The van der Waals surface area contributed by atoms with Gasteiger partial charge in [-0.15, -0.1) is 0 Å². The fraction of sp³-hybridized carbons (Fsp3) is 0.500. The summed E-state index contributed by atoms with van der Waals surface area (Å²) in [5, 5.41) is 10.5. The normalized spacial score (nSPS) is 15.0. The SMILES string of the molecule is Cc1cc(NC(=O)NC(c2nccn2C)c2nccn2C)nn1C1CCCCC1. The van der Waals surface area contributed by atoms with Crippen LogP contribution in [0, 0.1) is 6.92 Å². The van der Waals surface area contributed by atoms with Gasteiger partial charge in [-0.3, -0.25) is 10.00 Å². The molecule has 0 radical (unpaired) electrons. The summed E-state index contributed by atoms with van der Waals surface area (Å²) in [5.74, 6) is 1.97. The number of nitrogens with one attached hydrogen (secondary N) is 2. The molecule has 2 amide bonds. The summed E-state index contributed by atoms with van der Waals surface area (Å²) in [7, 11) is 3.79. The molecule has 0 unspecified atom stereocenters. The molecule has 9 heteroatoms. The minimum atomic E-state index is -0.475. The summed E-state index contributed by atoms with van der Waals surface area (Å²) in [5.41, 5.74) is 1.07. The standard InChI is InChI=1S/C20H28N8O/c1-14-13-16(25-28(14)15-7-5-4-6-8-15)23-20(29)24-17(18-21-9-11-26(18)2)19-22-10-12-27(19)3/h9-13,15,17H,4-8H2,1-3H3,(H2,23,24,25,29). The van der Waals surface area contributed by atoms with E-state index in [1.54, 1.807) is 12.4 Å². The largest absolute Gasteiger partial charge is 0.336 e. The molecule has 3 aromatic heterocycles. The first kappa shape index (κ1) is 19.2. The number of hydrogen-bond donors (Lipinski definition) is 2. The van der Waals surface area contributed by atoms with E-state index in [-0.39, 0.29) is 6.03 Å². The third-order valence-electron chi connectivity index (χ3n) is 5.59. The van der Waals surface area contributed by atoms with Gasteiger partial charge in [0, 0.05) is 50.6 Å². The first-order valence-electron chi connectivity index (χ1n) is 10.1. The molecule has 0 bridgehead atoms. The van der Waals surface area contributed by atoms with Crippen LogP contribution in [0.2, 0.25) is 0 Å². The van der Waals surface area contributed by atoms with E-state index >= 15 is 0 Å². The van der Waals surface area contributed by atoms with Gasteiger partial charge in [-0.25, -0.2) is 14.8 Å². The maximum atomic E-state index is 12.8. The third-order valence-corrected chi connectivity index (χ3v) is 5.59. The number of carbonyl (C=O) groups is 1. The molecule has 3 aromatic rings. The summed E-state index contributed by atoms with van der Waals surface area (Å²) >= 11 is 0. The second kappa shape index (κ2) is 8.10. The molecule has 1 fully saturated rings. The predicted molar refractivity (Wildman–Crippen MR) is 109 cm³/mol. The Morgan fingerprint density at radius 2 is 1.69 bits per heavy atom. The number of carbonyl (C=O) groups excluding carboxylic acids is 1. The summed E-state index contributed by atoms with van der Waals surface area (Å²) in [6, 6.07) is 1.53. The molecule has 29 heavy (non-hydrogen) atoms. The van der Waals surface area contributed by atoms with Gasteiger partial charge in [-0.2, -0.15) is 5.10 Å². The van der Waals surface area contributed by atoms with Crippen molar-refractivity contribution >= 4 is 11.8 Å². The predicted octanol–water partition coefficient (Wildman–Crippen LogP) is 3.07. The Bertz CT molecular complexity index is 938. The van der Waals surface area contributed by atoms with E-state index in [0.717, 1.165) is 18.5 Å². The van der Waals surface area contributed by atoms with Crippen LogP contribution >= 0.6 is 0 Å². The number of aromatic nitrogens is 6. The smallest absolute Gasteiger partial charge is 0.321 e. The fourth-order valence-electron chi connectivity index (χ4n) is 4.08. The van der Waals surface area contributed by atoms with Crippen molar-refractivity contribution in [1.29, 1.82) is 0 Å². The lowest BCUT2D eigenvalue weighted by Crippen LogP contribution is -2.36. The number of hydrogen-bond acceptors (Lipinski definition) is 4. The van der Waals surface area contributed by atoms with E-state index in [2.05, 4.69) is 30.4 Å². The van der Waals surface area contributed by atoms with Crippen LogP contribution in [0.4, 0.5) is 10.6 Å². The molecule has 154 valence electrons. The maximum absolute atomic E-state index is 12.8. The number of aryl methyl sites for hydroxylation is 3. The van der Waals surface area contributed by atoms with Crippen LogP contribution in [0.15, 0.2) is 30.9 Å². The summed E-state index contributed by atoms with van der Waals surface area (Å²) in [6.45, 7) is 2.04. The van der Waals surface area contributed by atoms with Gasteiger partial charge in [0.1, 0.15) is 17.7 Å². The molecule has 1 aliphatic rings. The monoisotopic (exact) mass is 396 g/mol. The molecule has 2 N–H and O–H groups in total. The van der Waals surface area contributed by atoms with E-state index in [1.165, 1.54) is 19.3 Å². The van der Waals surface area contributed by atoms with E-state index in [0.29, 0.717) is 23.5 Å². The lowest BCUT2D eigenvalue weighted by molar-refractivity contribution is 0.249. The first-order valence-corrected chi connectivity index (χ1v) is 10.1. The Hall–Kier alpha value is -3.10. The Labute approximate surface area is 170 Å². The molecule has 4 rings (SSSR count). The highest BCUT2D eigenvalue weighted by atomic mass is 16.2. The number of anilines is 1. The van der Waals surface area contributed by atoms with Crippen molar-refractivity contribution in [2.45, 2.75) is 51.1 Å². The van der Waals surface area contributed by atoms with Crippen molar-refractivity contribution in [3.63, 3.8) is 0 Å². The van der Waals surface area contributed by atoms with Gasteiger partial charge in [-0.1, -0.05) is 19.3 Å². The van der Waals surface area contributed by atoms with Gasteiger partial charge < -0.3 is 14.5 Å². The van der Waals surface area contributed by atoms with E-state index in [4.69, 9.17) is 0 Å². The lowest BCUT2D eigenvalue weighted by atomic mass is 9.95. The topological polar surface area (TPSA) is 94.6 Å². The van der Waals surface area contributed by atoms with Crippen LogP contribution in [0.5, 0.6) is 0 Å². The lowest BCUT2D eigenvalue weighted by Gasteiger charge is -2.23. The number of nitrogens with zero attached hydrogens (tertiary/aromatic N) is 6. The van der Waals surface area contributed by atoms with Gasteiger partial charge in [0.05, 0.1) is 6.04 Å². The minimum absolute atomic E-state index is 0.339. The van der Waals surface area contributed by atoms with Crippen LogP contribution in [0.25, 0.3) is 0 Å². The van der Waals surface area contributed by atoms with Crippen LogP contribution in [-0.4, -0.2) is 34.9 Å². The number of imidazole rings is 2. The number of amides is 2. The highest BCUT2D eigenvalue weighted by Gasteiger charge is 2.25. The quantitative estimate of drug-likeness (QED) is 0.693. The van der Waals surface area contributed by atoms with Crippen molar-refractivity contribution in [2.75, 3.05) is 5.32 Å². The van der Waals surface area contributed by atoms with Gasteiger partial charge in [0.25, 0.3) is 0 Å². The van der Waals surface area contributed by atoms with Crippen molar-refractivity contribution in [1.82, 2.24) is 34.2 Å². The molecule has 0 atom stereocenters. The number of urea groups is 1. The Morgan fingerprint density at radius 3 is 2.24 bits per heavy atom. The van der Waals surface area contributed by atoms with Crippen LogP contribution in [0.3, 0.4) is 0 Å². The average Bonchev–Trinajstić information content (AvgIpc) is 3.41. The zero-order valence-electron chi connectivity index (χ0n) is 17.2. The first-order chi connectivity index (χ1) is 14.0. The molecule has 0 spiro atoms. The minimum Gasteiger partial charge on any atom is -0.336 e. The highest BCUT2D eigenvalue weighted by molar-refractivity contribution is 5.88. The Balaban J connectivity index is 1.50. The van der Waals surface area contributed by atoms with Crippen LogP contribution < -0.4 is 10.6 Å². The molecule has 1 aliphatic carbocycles. The third kappa shape index (κ3) is 4.03. The maximum Gasteiger partial charge on any atom is 0.321 e. The van der Waals surface area contributed by atoms with Gasteiger partial charge in [0.15, 0.2) is 5.82 Å². The average molecular weight is 396 g/mol. The highest BCUT2D eigenvalue weighted by Crippen LogP contribution is 2.29. The zero-order valence-corrected chi connectivity index (χ0v) is 17.2. The summed E-state index contributed by atoms with van der Waals surface area (Å²) in [4.78, 5) is 21.6. The van der Waals surface area contributed by atoms with Gasteiger partial charge in [-0.05, 0) is 19.8 Å². The van der Waals surface area contributed by atoms with E-state index in [9.17, 15) is 4.79 Å². The van der Waals surface area contributed by atoms with Gasteiger partial charge >= 0.3 is 6.03 Å². The Kier molecular flexibility index (Phi) is 5.37. The second-order valence-electron chi connectivity index (χ2n) is 7.73. The van der Waals surface area contributed by atoms with E-state index < -0.39 is 6.04 Å². The molecule has 1 saturated carbocycles. The number of rotatable bonds is 5. The summed E-state index contributed by atoms with van der Waals surface area (Å²) in [6.07, 6.45) is 13.2. The van der Waals surface area contributed by atoms with Crippen molar-refractivity contribution in [3.05, 3.63) is 48.2 Å². The molecule has 0 aromatic carbocycles. The molecule has 9 nitrogen and oxygen atoms in total. The zero-order chi connectivity index (χ0) is 20.4. The second-order valence-corrected chi connectivity index (χ2v) is 7.73. The molecule has 3 heterocycles. The molecule has 0 saturated heterocycles. The van der Waals surface area contributed by atoms with Crippen molar-refractivity contribution in [2.24, 2.45) is 14.1 Å². The Morgan fingerprint density at radius 1 is 1.07 bits per heavy atom. The molecule has 0 aliphatic heterocycles. The van der Waals surface area contributed by atoms with E-state index in [1.807, 2.05) is 48.6 Å². The fourth-order valence-corrected chi connectivity index (χ4v) is 4.08. The van der Waals surface area contributed by atoms with Crippen LogP contribution in [-0.2, 0) is 14.1 Å².